The van der Waals surface area contributed by atoms with E-state index in [1.165, 1.54) is 5.01 Å². The van der Waals surface area contributed by atoms with Gasteiger partial charge in [-0.3, -0.25) is 0 Å². The van der Waals surface area contributed by atoms with Crippen molar-refractivity contribution in [3.05, 3.63) is 28.3 Å². The van der Waals surface area contributed by atoms with Crippen LogP contribution in [0.1, 0.15) is 10.8 Å². The molecule has 1 aliphatic rings. The molecule has 0 amide bonds. The van der Waals surface area contributed by atoms with E-state index in [-0.39, 0.29) is 0 Å². The van der Waals surface area contributed by atoms with Crippen LogP contribution in [-0.2, 0) is 6.42 Å². The maximum Gasteiger partial charge on any atom is 0.153 e. The van der Waals surface area contributed by atoms with Crippen LogP contribution in [0.5, 0.6) is 0 Å². The summed E-state index contributed by atoms with van der Waals surface area (Å²) in [6.45, 7) is 4.22. The minimum Gasteiger partial charge on any atom is -0.460 e. The molecule has 0 saturated carbocycles. The predicted molar refractivity (Wildman–Crippen MR) is 64.6 cm³/mol. The number of hydrogen-bond acceptors (Lipinski definition) is 4. The molecule has 2 aromatic heterocycles. The Bertz CT molecular complexity index is 485. The van der Waals surface area contributed by atoms with Crippen molar-refractivity contribution >= 4 is 11.3 Å². The maximum absolute atomic E-state index is 5.56. The van der Waals surface area contributed by atoms with Crippen LogP contribution in [0.15, 0.2) is 21.9 Å². The standard InChI is InChI=1S/C12H14N2OS/c1-8-2-3-11(15-8)10-7-16-12(14-10)4-9-5-13-6-9/h2-3,7,9,13H,4-6H2,1H3. The second-order valence-electron chi connectivity index (χ2n) is 4.27. The first-order valence-electron chi connectivity index (χ1n) is 5.53. The average Bonchev–Trinajstić information content (AvgIpc) is 2.80. The molecular weight excluding hydrogens is 220 g/mol. The highest BCUT2D eigenvalue weighted by Crippen LogP contribution is 2.25. The Morgan fingerprint density at radius 2 is 2.38 bits per heavy atom. The zero-order valence-corrected chi connectivity index (χ0v) is 10.0. The summed E-state index contributed by atoms with van der Waals surface area (Å²) in [5.74, 6) is 2.59. The van der Waals surface area contributed by atoms with Crippen molar-refractivity contribution in [1.82, 2.24) is 10.3 Å². The first-order valence-corrected chi connectivity index (χ1v) is 6.41. The lowest BCUT2D eigenvalue weighted by Gasteiger charge is -2.25. The first-order chi connectivity index (χ1) is 7.81. The molecule has 0 aromatic carbocycles. The van der Waals surface area contributed by atoms with E-state index in [0.717, 1.165) is 42.6 Å². The van der Waals surface area contributed by atoms with Gasteiger partial charge in [0.1, 0.15) is 11.5 Å². The van der Waals surface area contributed by atoms with Gasteiger partial charge in [-0.25, -0.2) is 4.98 Å². The number of rotatable bonds is 3. The Balaban J connectivity index is 1.76. The van der Waals surface area contributed by atoms with Gasteiger partial charge < -0.3 is 9.73 Å². The summed E-state index contributed by atoms with van der Waals surface area (Å²) in [6, 6.07) is 3.96. The van der Waals surface area contributed by atoms with E-state index in [0.29, 0.717) is 0 Å². The Labute approximate surface area is 98.5 Å². The van der Waals surface area contributed by atoms with Gasteiger partial charge in [-0.2, -0.15) is 0 Å². The smallest absolute Gasteiger partial charge is 0.153 e. The molecule has 84 valence electrons. The van der Waals surface area contributed by atoms with Crippen LogP contribution < -0.4 is 5.32 Å². The maximum atomic E-state index is 5.56. The van der Waals surface area contributed by atoms with Crippen LogP contribution in [0.25, 0.3) is 11.5 Å². The normalized spacial score (nSPS) is 16.3. The molecule has 0 aliphatic carbocycles. The third-order valence-corrected chi connectivity index (χ3v) is 3.75. The zero-order chi connectivity index (χ0) is 11.0. The lowest BCUT2D eigenvalue weighted by atomic mass is 10.0. The van der Waals surface area contributed by atoms with Crippen molar-refractivity contribution in [1.29, 1.82) is 0 Å². The molecule has 4 heteroatoms. The second kappa shape index (κ2) is 4.03. The van der Waals surface area contributed by atoms with E-state index in [9.17, 15) is 0 Å². The third kappa shape index (κ3) is 1.90. The number of hydrogen-bond donors (Lipinski definition) is 1. The first kappa shape index (κ1) is 10.1. The van der Waals surface area contributed by atoms with Gasteiger partial charge >= 0.3 is 0 Å². The van der Waals surface area contributed by atoms with Crippen molar-refractivity contribution in [2.75, 3.05) is 13.1 Å². The van der Waals surface area contributed by atoms with Gasteiger partial charge in [-0.05, 0) is 38.1 Å². The minimum atomic E-state index is 0.775. The highest BCUT2D eigenvalue weighted by atomic mass is 32.1. The quantitative estimate of drug-likeness (QED) is 0.886. The van der Waals surface area contributed by atoms with Gasteiger partial charge in [-0.1, -0.05) is 0 Å². The van der Waals surface area contributed by atoms with Crippen molar-refractivity contribution in [3.8, 4) is 11.5 Å². The van der Waals surface area contributed by atoms with E-state index >= 15 is 0 Å². The number of thiazole rings is 1. The van der Waals surface area contributed by atoms with Crippen molar-refractivity contribution in [2.24, 2.45) is 5.92 Å². The summed E-state index contributed by atoms with van der Waals surface area (Å²) in [7, 11) is 0. The topological polar surface area (TPSA) is 38.1 Å². The average molecular weight is 234 g/mol. The molecule has 2 aromatic rings. The SMILES string of the molecule is Cc1ccc(-c2csc(CC3CNC3)n2)o1. The van der Waals surface area contributed by atoms with Crippen LogP contribution in [0.3, 0.4) is 0 Å². The van der Waals surface area contributed by atoms with Crippen molar-refractivity contribution in [2.45, 2.75) is 13.3 Å². The Hall–Kier alpha value is -1.13. The fourth-order valence-electron chi connectivity index (χ4n) is 1.83. The van der Waals surface area contributed by atoms with E-state index < -0.39 is 0 Å². The molecule has 3 rings (SSSR count). The number of nitrogens with zero attached hydrogens (tertiary/aromatic N) is 1. The van der Waals surface area contributed by atoms with Crippen LogP contribution in [0, 0.1) is 12.8 Å². The van der Waals surface area contributed by atoms with Gasteiger partial charge in [-0.15, -0.1) is 11.3 Å². The summed E-state index contributed by atoms with van der Waals surface area (Å²) >= 11 is 1.73. The lowest BCUT2D eigenvalue weighted by molar-refractivity contribution is 0.346. The summed E-state index contributed by atoms with van der Waals surface area (Å²) in [4.78, 5) is 4.61. The van der Waals surface area contributed by atoms with E-state index in [1.54, 1.807) is 11.3 Å². The number of furan rings is 1. The zero-order valence-electron chi connectivity index (χ0n) is 9.19. The molecule has 16 heavy (non-hydrogen) atoms. The molecule has 0 bridgehead atoms. The molecule has 1 aliphatic heterocycles. The predicted octanol–water partition coefficient (Wildman–Crippen LogP) is 2.47. The largest absolute Gasteiger partial charge is 0.460 e. The molecule has 3 nitrogen and oxygen atoms in total. The highest BCUT2D eigenvalue weighted by Gasteiger charge is 2.19. The second-order valence-corrected chi connectivity index (χ2v) is 5.21. The van der Waals surface area contributed by atoms with Crippen LogP contribution in [0.2, 0.25) is 0 Å². The van der Waals surface area contributed by atoms with Crippen LogP contribution in [-0.4, -0.2) is 18.1 Å². The monoisotopic (exact) mass is 234 g/mol. The summed E-state index contributed by atoms with van der Waals surface area (Å²) in [6.07, 6.45) is 1.09. The van der Waals surface area contributed by atoms with E-state index in [2.05, 4.69) is 15.7 Å². The molecule has 3 heterocycles. The van der Waals surface area contributed by atoms with Gasteiger partial charge in [0.25, 0.3) is 0 Å². The molecule has 0 unspecified atom stereocenters. The van der Waals surface area contributed by atoms with Gasteiger partial charge in [0.05, 0.1) is 5.01 Å². The van der Waals surface area contributed by atoms with E-state index in [1.807, 2.05) is 19.1 Å². The molecule has 0 radical (unpaired) electrons. The third-order valence-electron chi connectivity index (χ3n) is 2.87. The van der Waals surface area contributed by atoms with Crippen molar-refractivity contribution in [3.63, 3.8) is 0 Å². The Morgan fingerprint density at radius 1 is 1.50 bits per heavy atom. The van der Waals surface area contributed by atoms with Gasteiger partial charge in [0.2, 0.25) is 0 Å². The Morgan fingerprint density at radius 3 is 3.00 bits per heavy atom. The molecule has 1 N–H and O–H groups in total. The molecule has 1 saturated heterocycles. The van der Waals surface area contributed by atoms with Crippen LogP contribution in [0.4, 0.5) is 0 Å². The highest BCUT2D eigenvalue weighted by molar-refractivity contribution is 7.09. The summed E-state index contributed by atoms with van der Waals surface area (Å²) < 4.78 is 5.56. The number of aromatic nitrogens is 1. The minimum absolute atomic E-state index is 0.775. The number of aryl methyl sites for hydroxylation is 1. The fourth-order valence-corrected chi connectivity index (χ4v) is 2.73. The lowest BCUT2D eigenvalue weighted by Crippen LogP contribution is -2.43. The fraction of sp³-hybridized carbons (Fsp3) is 0.417. The molecular formula is C12H14N2OS. The summed E-state index contributed by atoms with van der Waals surface area (Å²) in [5, 5.41) is 6.58. The molecule has 0 spiro atoms. The Kier molecular flexibility index (Phi) is 2.53. The van der Waals surface area contributed by atoms with Gasteiger partial charge in [0, 0.05) is 11.8 Å². The molecule has 1 fully saturated rings. The number of nitrogens with one attached hydrogen (secondary N) is 1. The summed E-state index contributed by atoms with van der Waals surface area (Å²) in [5.41, 5.74) is 0.973. The van der Waals surface area contributed by atoms with E-state index in [4.69, 9.17) is 4.42 Å². The van der Waals surface area contributed by atoms with Gasteiger partial charge in [0.15, 0.2) is 5.76 Å². The molecule has 0 atom stereocenters. The van der Waals surface area contributed by atoms with Crippen molar-refractivity contribution < 1.29 is 4.42 Å². The van der Waals surface area contributed by atoms with Crippen LogP contribution >= 0.6 is 11.3 Å².